The fourth-order valence-electron chi connectivity index (χ4n) is 1.54. The number of benzene rings is 1. The summed E-state index contributed by atoms with van der Waals surface area (Å²) >= 11 is 1.24. The zero-order valence-electron chi connectivity index (χ0n) is 11.0. The molecule has 0 spiro atoms. The number of aromatic hydroxyl groups is 1. The number of thiazole rings is 1. The van der Waals surface area contributed by atoms with Gasteiger partial charge in [0.15, 0.2) is 9.84 Å². The predicted octanol–water partition coefficient (Wildman–Crippen LogP) is 0.963. The lowest BCUT2D eigenvalue weighted by Crippen LogP contribution is -2.13. The second-order valence-electron chi connectivity index (χ2n) is 4.24. The van der Waals surface area contributed by atoms with E-state index in [-0.39, 0.29) is 28.6 Å². The SMILES string of the molecule is CS(=O)(=O)c1ccc(O)c(NC(=O)c2csc(CN)n2)c1. The molecule has 112 valence electrons. The van der Waals surface area contributed by atoms with Crippen LogP contribution < -0.4 is 11.1 Å². The summed E-state index contributed by atoms with van der Waals surface area (Å²) in [6, 6.07) is 3.66. The van der Waals surface area contributed by atoms with Crippen molar-refractivity contribution in [1.82, 2.24) is 4.98 Å². The maximum atomic E-state index is 12.0. The molecule has 1 heterocycles. The van der Waals surface area contributed by atoms with Crippen molar-refractivity contribution in [1.29, 1.82) is 0 Å². The summed E-state index contributed by atoms with van der Waals surface area (Å²) in [7, 11) is -3.43. The molecule has 0 unspecified atom stereocenters. The Morgan fingerprint density at radius 1 is 1.48 bits per heavy atom. The number of aromatic nitrogens is 1. The Labute approximate surface area is 125 Å². The number of rotatable bonds is 4. The molecule has 1 aromatic carbocycles. The van der Waals surface area contributed by atoms with Crippen LogP contribution in [0.15, 0.2) is 28.5 Å². The first-order chi connectivity index (χ1) is 9.81. The maximum absolute atomic E-state index is 12.0. The van der Waals surface area contributed by atoms with E-state index in [1.165, 1.54) is 34.9 Å². The summed E-state index contributed by atoms with van der Waals surface area (Å²) in [6.45, 7) is 0.229. The number of nitrogens with one attached hydrogen (secondary N) is 1. The number of amides is 1. The third kappa shape index (κ3) is 3.57. The van der Waals surface area contributed by atoms with Crippen molar-refractivity contribution in [2.45, 2.75) is 11.4 Å². The molecule has 1 aromatic heterocycles. The van der Waals surface area contributed by atoms with Crippen molar-refractivity contribution in [2.75, 3.05) is 11.6 Å². The number of hydrogen-bond acceptors (Lipinski definition) is 7. The summed E-state index contributed by atoms with van der Waals surface area (Å²) < 4.78 is 23.0. The molecule has 0 fully saturated rings. The molecule has 2 rings (SSSR count). The molecule has 21 heavy (non-hydrogen) atoms. The number of hydrogen-bond donors (Lipinski definition) is 3. The van der Waals surface area contributed by atoms with E-state index in [1.807, 2.05) is 0 Å². The van der Waals surface area contributed by atoms with Gasteiger partial charge in [0.2, 0.25) is 0 Å². The molecule has 9 heteroatoms. The smallest absolute Gasteiger partial charge is 0.275 e. The molecule has 7 nitrogen and oxygen atoms in total. The Bertz CT molecular complexity index is 784. The second-order valence-corrected chi connectivity index (χ2v) is 7.19. The van der Waals surface area contributed by atoms with E-state index in [4.69, 9.17) is 5.73 Å². The first-order valence-corrected chi connectivity index (χ1v) is 8.57. The molecular weight excluding hydrogens is 314 g/mol. The molecule has 0 saturated carbocycles. The van der Waals surface area contributed by atoms with Gasteiger partial charge in [0.05, 0.1) is 10.6 Å². The lowest BCUT2D eigenvalue weighted by molar-refractivity contribution is 0.102. The van der Waals surface area contributed by atoms with Crippen molar-refractivity contribution in [2.24, 2.45) is 5.73 Å². The highest BCUT2D eigenvalue weighted by molar-refractivity contribution is 7.90. The molecule has 4 N–H and O–H groups in total. The summed E-state index contributed by atoms with van der Waals surface area (Å²) in [5.41, 5.74) is 5.58. The predicted molar refractivity (Wildman–Crippen MR) is 79.2 cm³/mol. The van der Waals surface area contributed by atoms with Crippen LogP contribution in [0.3, 0.4) is 0 Å². The summed E-state index contributed by atoms with van der Waals surface area (Å²) in [5.74, 6) is -0.781. The van der Waals surface area contributed by atoms with Gasteiger partial charge in [-0.2, -0.15) is 0 Å². The van der Waals surface area contributed by atoms with Crippen molar-refractivity contribution in [3.8, 4) is 5.75 Å². The summed E-state index contributed by atoms with van der Waals surface area (Å²) in [6.07, 6.45) is 1.04. The molecule has 1 amide bonds. The molecule has 0 radical (unpaired) electrons. The lowest BCUT2D eigenvalue weighted by atomic mass is 10.3. The van der Waals surface area contributed by atoms with E-state index in [9.17, 15) is 18.3 Å². The quantitative estimate of drug-likeness (QED) is 0.719. The Morgan fingerprint density at radius 3 is 2.76 bits per heavy atom. The Morgan fingerprint density at radius 2 is 2.19 bits per heavy atom. The second kappa shape index (κ2) is 5.80. The third-order valence-corrected chi connectivity index (χ3v) is 4.58. The van der Waals surface area contributed by atoms with E-state index < -0.39 is 15.7 Å². The van der Waals surface area contributed by atoms with Crippen LogP contribution in [-0.2, 0) is 16.4 Å². The Balaban J connectivity index is 2.28. The minimum atomic E-state index is -3.43. The molecule has 0 aliphatic heterocycles. The number of anilines is 1. The van der Waals surface area contributed by atoms with Gasteiger partial charge in [-0.25, -0.2) is 13.4 Å². The first-order valence-electron chi connectivity index (χ1n) is 5.80. The zero-order chi connectivity index (χ0) is 15.6. The Hall–Kier alpha value is -1.97. The zero-order valence-corrected chi connectivity index (χ0v) is 12.7. The van der Waals surface area contributed by atoms with E-state index in [1.54, 1.807) is 0 Å². The molecular formula is C12H13N3O4S2. The van der Waals surface area contributed by atoms with Crippen LogP contribution in [0.1, 0.15) is 15.5 Å². The van der Waals surface area contributed by atoms with Gasteiger partial charge in [0.25, 0.3) is 5.91 Å². The van der Waals surface area contributed by atoms with Crippen molar-refractivity contribution in [3.05, 3.63) is 34.3 Å². The van der Waals surface area contributed by atoms with E-state index in [0.717, 1.165) is 6.26 Å². The minimum absolute atomic E-state index is 0.00322. The van der Waals surface area contributed by atoms with Gasteiger partial charge in [-0.15, -0.1) is 11.3 Å². The highest BCUT2D eigenvalue weighted by atomic mass is 32.2. The van der Waals surface area contributed by atoms with E-state index >= 15 is 0 Å². The van der Waals surface area contributed by atoms with Crippen LogP contribution in [0.4, 0.5) is 5.69 Å². The lowest BCUT2D eigenvalue weighted by Gasteiger charge is -2.07. The molecule has 0 atom stereocenters. The molecule has 2 aromatic rings. The van der Waals surface area contributed by atoms with Crippen LogP contribution in [-0.4, -0.2) is 30.7 Å². The van der Waals surface area contributed by atoms with Gasteiger partial charge in [-0.1, -0.05) is 0 Å². The molecule has 0 saturated heterocycles. The van der Waals surface area contributed by atoms with Gasteiger partial charge in [-0.05, 0) is 18.2 Å². The van der Waals surface area contributed by atoms with Crippen LogP contribution in [0.25, 0.3) is 0 Å². The minimum Gasteiger partial charge on any atom is -0.506 e. The average Bonchev–Trinajstić information content (AvgIpc) is 2.88. The number of carbonyl (C=O) groups is 1. The molecule has 0 bridgehead atoms. The fourth-order valence-corrected chi connectivity index (χ4v) is 2.84. The highest BCUT2D eigenvalue weighted by Gasteiger charge is 2.15. The first kappa shape index (κ1) is 15.4. The number of carbonyl (C=O) groups excluding carboxylic acids is 1. The van der Waals surface area contributed by atoms with E-state index in [2.05, 4.69) is 10.3 Å². The number of sulfone groups is 1. The number of phenolic OH excluding ortho intramolecular Hbond substituents is 1. The number of phenols is 1. The molecule has 0 aliphatic rings. The number of nitrogens with two attached hydrogens (primary N) is 1. The average molecular weight is 327 g/mol. The summed E-state index contributed by atoms with van der Waals surface area (Å²) in [5, 5.41) is 14.3. The van der Waals surface area contributed by atoms with Gasteiger partial charge in [0, 0.05) is 18.2 Å². The third-order valence-electron chi connectivity index (χ3n) is 2.60. The largest absolute Gasteiger partial charge is 0.506 e. The van der Waals surface area contributed by atoms with Crippen molar-refractivity contribution < 1.29 is 18.3 Å². The standard InChI is InChI=1S/C12H13N3O4S2/c1-21(18,19)7-2-3-10(16)8(4-7)15-12(17)9-6-20-11(5-13)14-9/h2-4,6,16H,5,13H2,1H3,(H,15,17). The normalized spacial score (nSPS) is 11.3. The van der Waals surface area contributed by atoms with Crippen LogP contribution >= 0.6 is 11.3 Å². The fraction of sp³-hybridized carbons (Fsp3) is 0.167. The van der Waals surface area contributed by atoms with Gasteiger partial charge in [0.1, 0.15) is 16.5 Å². The van der Waals surface area contributed by atoms with Crippen molar-refractivity contribution in [3.63, 3.8) is 0 Å². The van der Waals surface area contributed by atoms with Crippen LogP contribution in [0, 0.1) is 0 Å². The van der Waals surface area contributed by atoms with E-state index in [0.29, 0.717) is 5.01 Å². The van der Waals surface area contributed by atoms with Crippen LogP contribution in [0.5, 0.6) is 5.75 Å². The van der Waals surface area contributed by atoms with Crippen molar-refractivity contribution >= 4 is 32.8 Å². The summed E-state index contributed by atoms with van der Waals surface area (Å²) in [4.78, 5) is 16.0. The van der Waals surface area contributed by atoms with Gasteiger partial charge < -0.3 is 16.2 Å². The monoisotopic (exact) mass is 327 g/mol. The highest BCUT2D eigenvalue weighted by Crippen LogP contribution is 2.27. The topological polar surface area (TPSA) is 122 Å². The number of nitrogens with zero attached hydrogens (tertiary/aromatic N) is 1. The Kier molecular flexibility index (Phi) is 4.26. The maximum Gasteiger partial charge on any atom is 0.275 e. The van der Waals surface area contributed by atoms with Crippen LogP contribution in [0.2, 0.25) is 0 Å². The van der Waals surface area contributed by atoms with Gasteiger partial charge >= 0.3 is 0 Å². The molecule has 0 aliphatic carbocycles. The van der Waals surface area contributed by atoms with Gasteiger partial charge in [-0.3, -0.25) is 4.79 Å².